The lowest BCUT2D eigenvalue weighted by Gasteiger charge is -2.12. The minimum Gasteiger partial charge on any atom is -0.497 e. The highest BCUT2D eigenvalue weighted by molar-refractivity contribution is 5.97. The normalized spacial score (nSPS) is 10.8. The van der Waals surface area contributed by atoms with Gasteiger partial charge in [0.2, 0.25) is 0 Å². The summed E-state index contributed by atoms with van der Waals surface area (Å²) in [6, 6.07) is 33.5. The molecular weight excluding hydrogens is 462 g/mol. The Balaban J connectivity index is 1.38. The second-order valence-corrected chi connectivity index (χ2v) is 8.76. The number of nitrogens with one attached hydrogen (secondary N) is 1. The summed E-state index contributed by atoms with van der Waals surface area (Å²) in [5.41, 5.74) is 4.56. The van der Waals surface area contributed by atoms with Crippen molar-refractivity contribution >= 4 is 16.9 Å². The summed E-state index contributed by atoms with van der Waals surface area (Å²) in [6.07, 6.45) is 0.783. The van der Waals surface area contributed by atoms with Crippen LogP contribution in [0.2, 0.25) is 0 Å². The molecule has 0 aliphatic rings. The number of hydrogen-bond donors (Lipinski definition) is 1. The highest BCUT2D eigenvalue weighted by atomic mass is 16.5. The van der Waals surface area contributed by atoms with Crippen LogP contribution in [0.25, 0.3) is 11.0 Å². The predicted molar refractivity (Wildman–Crippen MR) is 145 cm³/mol. The molecule has 0 saturated carbocycles. The molecule has 4 aromatic carbocycles. The molecule has 5 aromatic rings. The van der Waals surface area contributed by atoms with Gasteiger partial charge in [-0.3, -0.25) is 4.79 Å². The largest absolute Gasteiger partial charge is 0.497 e. The van der Waals surface area contributed by atoms with Crippen LogP contribution in [0, 0.1) is 0 Å². The van der Waals surface area contributed by atoms with Crippen LogP contribution in [0.3, 0.4) is 0 Å². The molecule has 0 radical (unpaired) electrons. The van der Waals surface area contributed by atoms with Gasteiger partial charge in [0, 0.05) is 18.7 Å². The van der Waals surface area contributed by atoms with Crippen LogP contribution in [-0.2, 0) is 19.6 Å². The Bertz CT molecular complexity index is 1480. The fraction of sp³-hybridized carbons (Fsp3) is 0.161. The van der Waals surface area contributed by atoms with Gasteiger partial charge in [0.05, 0.1) is 18.1 Å². The maximum Gasteiger partial charge on any atom is 0.251 e. The van der Waals surface area contributed by atoms with Gasteiger partial charge in [0.25, 0.3) is 5.91 Å². The second kappa shape index (κ2) is 11.4. The van der Waals surface area contributed by atoms with E-state index in [1.54, 1.807) is 7.11 Å². The Hall–Kier alpha value is -4.58. The highest BCUT2D eigenvalue weighted by Gasteiger charge is 2.15. The molecule has 0 saturated heterocycles. The molecule has 1 heterocycles. The van der Waals surface area contributed by atoms with Crippen molar-refractivity contribution in [2.75, 3.05) is 13.7 Å². The number of fused-ring (bicyclic) bond motifs is 1. The first-order valence-corrected chi connectivity index (χ1v) is 12.3. The van der Waals surface area contributed by atoms with Crippen molar-refractivity contribution in [3.05, 3.63) is 126 Å². The minimum atomic E-state index is -0.109. The van der Waals surface area contributed by atoms with Gasteiger partial charge in [-0.15, -0.1) is 0 Å². The molecule has 0 aliphatic carbocycles. The van der Waals surface area contributed by atoms with Gasteiger partial charge in [-0.05, 0) is 60.0 Å². The van der Waals surface area contributed by atoms with E-state index >= 15 is 0 Å². The average molecular weight is 492 g/mol. The van der Waals surface area contributed by atoms with Crippen LogP contribution in [0.1, 0.15) is 27.3 Å². The molecule has 0 spiro atoms. The Labute approximate surface area is 216 Å². The van der Waals surface area contributed by atoms with E-state index in [4.69, 9.17) is 14.5 Å². The van der Waals surface area contributed by atoms with Crippen molar-refractivity contribution in [1.29, 1.82) is 0 Å². The third kappa shape index (κ3) is 5.98. The summed E-state index contributed by atoms with van der Waals surface area (Å²) in [7, 11) is 1.66. The number of amides is 1. The van der Waals surface area contributed by atoms with Crippen molar-refractivity contribution in [3.63, 3.8) is 0 Å². The molecule has 5 rings (SSSR count). The van der Waals surface area contributed by atoms with E-state index in [0.717, 1.165) is 40.3 Å². The van der Waals surface area contributed by atoms with E-state index in [2.05, 4.69) is 28.1 Å². The summed E-state index contributed by atoms with van der Waals surface area (Å²) >= 11 is 0. The number of ether oxygens (including phenoxy) is 2. The monoisotopic (exact) mass is 491 g/mol. The van der Waals surface area contributed by atoms with Crippen LogP contribution >= 0.6 is 0 Å². The molecule has 0 atom stereocenters. The fourth-order valence-corrected chi connectivity index (χ4v) is 4.29. The summed E-state index contributed by atoms with van der Waals surface area (Å²) in [5.74, 6) is 2.25. The van der Waals surface area contributed by atoms with Gasteiger partial charge < -0.3 is 19.4 Å². The Morgan fingerprint density at radius 1 is 0.838 bits per heavy atom. The number of rotatable bonds is 10. The SMILES string of the molecule is COc1cccc(Cn2c(COc3ccccc3)nc3cc(C(=O)NCCc4ccccc4)ccc32)c1. The number of benzene rings is 4. The maximum atomic E-state index is 12.9. The van der Waals surface area contributed by atoms with Crippen molar-refractivity contribution in [2.24, 2.45) is 0 Å². The standard InChI is InChI=1S/C31H29N3O3/c1-36-27-14-8-11-24(19-27)21-34-29-16-15-25(31(35)32-18-17-23-9-4-2-5-10-23)20-28(29)33-30(34)22-37-26-12-6-3-7-13-26/h2-16,19-20H,17-18,21-22H2,1H3,(H,32,35). The van der Waals surface area contributed by atoms with E-state index in [-0.39, 0.29) is 5.91 Å². The third-order valence-electron chi connectivity index (χ3n) is 6.22. The molecule has 1 aromatic heterocycles. The number of carbonyl (C=O) groups is 1. The lowest BCUT2D eigenvalue weighted by atomic mass is 10.1. The first-order valence-electron chi connectivity index (χ1n) is 12.3. The van der Waals surface area contributed by atoms with Crippen LogP contribution < -0.4 is 14.8 Å². The molecule has 0 fully saturated rings. The first kappa shape index (κ1) is 24.1. The molecule has 0 aliphatic heterocycles. The number of aromatic nitrogens is 2. The van der Waals surface area contributed by atoms with Gasteiger partial charge in [0.1, 0.15) is 23.9 Å². The summed E-state index contributed by atoms with van der Waals surface area (Å²) < 4.78 is 13.6. The van der Waals surface area contributed by atoms with Crippen LogP contribution in [0.5, 0.6) is 11.5 Å². The Kier molecular flexibility index (Phi) is 7.46. The van der Waals surface area contributed by atoms with Crippen molar-refractivity contribution in [2.45, 2.75) is 19.6 Å². The van der Waals surface area contributed by atoms with Gasteiger partial charge in [0.15, 0.2) is 0 Å². The Morgan fingerprint density at radius 3 is 2.35 bits per heavy atom. The van der Waals surface area contributed by atoms with E-state index < -0.39 is 0 Å². The number of carbonyl (C=O) groups excluding carboxylic acids is 1. The Morgan fingerprint density at radius 2 is 1.57 bits per heavy atom. The van der Waals surface area contributed by atoms with Crippen LogP contribution in [0.4, 0.5) is 0 Å². The lowest BCUT2D eigenvalue weighted by molar-refractivity contribution is 0.0954. The third-order valence-corrected chi connectivity index (χ3v) is 6.22. The summed E-state index contributed by atoms with van der Waals surface area (Å²) in [5, 5.41) is 3.02. The van der Waals surface area contributed by atoms with Gasteiger partial charge in [-0.2, -0.15) is 0 Å². The van der Waals surface area contributed by atoms with Gasteiger partial charge in [-0.25, -0.2) is 4.98 Å². The first-order chi connectivity index (χ1) is 18.2. The van der Waals surface area contributed by atoms with E-state index in [1.807, 2.05) is 84.9 Å². The van der Waals surface area contributed by atoms with E-state index in [9.17, 15) is 4.79 Å². The smallest absolute Gasteiger partial charge is 0.251 e. The van der Waals surface area contributed by atoms with Crippen LogP contribution in [0.15, 0.2) is 103 Å². The van der Waals surface area contributed by atoms with E-state index in [0.29, 0.717) is 25.3 Å². The predicted octanol–water partition coefficient (Wildman–Crippen LogP) is 5.64. The molecule has 186 valence electrons. The van der Waals surface area contributed by atoms with Crippen molar-refractivity contribution in [1.82, 2.24) is 14.9 Å². The zero-order valence-corrected chi connectivity index (χ0v) is 20.8. The number of imidazole rings is 1. The molecule has 6 heteroatoms. The summed E-state index contributed by atoms with van der Waals surface area (Å²) in [6.45, 7) is 1.48. The molecular formula is C31H29N3O3. The van der Waals surface area contributed by atoms with Crippen LogP contribution in [-0.4, -0.2) is 29.1 Å². The van der Waals surface area contributed by atoms with Crippen molar-refractivity contribution < 1.29 is 14.3 Å². The zero-order chi connectivity index (χ0) is 25.5. The number of nitrogens with zero attached hydrogens (tertiary/aromatic N) is 2. The molecule has 0 unspecified atom stereocenters. The maximum absolute atomic E-state index is 12.9. The second-order valence-electron chi connectivity index (χ2n) is 8.76. The lowest BCUT2D eigenvalue weighted by Crippen LogP contribution is -2.25. The summed E-state index contributed by atoms with van der Waals surface area (Å²) in [4.78, 5) is 17.7. The zero-order valence-electron chi connectivity index (χ0n) is 20.8. The van der Waals surface area contributed by atoms with Crippen molar-refractivity contribution in [3.8, 4) is 11.5 Å². The molecule has 1 N–H and O–H groups in total. The molecule has 0 bridgehead atoms. The molecule has 6 nitrogen and oxygen atoms in total. The highest BCUT2D eigenvalue weighted by Crippen LogP contribution is 2.23. The average Bonchev–Trinajstić information content (AvgIpc) is 3.29. The topological polar surface area (TPSA) is 65.4 Å². The molecule has 1 amide bonds. The van der Waals surface area contributed by atoms with E-state index in [1.165, 1.54) is 5.56 Å². The number of para-hydroxylation sites is 1. The molecule has 37 heavy (non-hydrogen) atoms. The number of methoxy groups -OCH3 is 1. The fourth-order valence-electron chi connectivity index (χ4n) is 4.29. The quantitative estimate of drug-likeness (QED) is 0.274. The van der Waals surface area contributed by atoms with Gasteiger partial charge in [-0.1, -0.05) is 60.7 Å². The number of hydrogen-bond acceptors (Lipinski definition) is 4. The minimum absolute atomic E-state index is 0.109. The van der Waals surface area contributed by atoms with Gasteiger partial charge >= 0.3 is 0 Å².